The number of nitrogens with one attached hydrogen (secondary N) is 1. The number of esters is 1. The van der Waals surface area contributed by atoms with E-state index in [-0.39, 0.29) is 6.61 Å². The van der Waals surface area contributed by atoms with Crippen LogP contribution in [0.15, 0.2) is 48.5 Å². The van der Waals surface area contributed by atoms with E-state index in [2.05, 4.69) is 5.32 Å². The highest BCUT2D eigenvalue weighted by Gasteiger charge is 2.17. The van der Waals surface area contributed by atoms with E-state index >= 15 is 0 Å². The van der Waals surface area contributed by atoms with Crippen molar-refractivity contribution in [2.75, 3.05) is 11.9 Å². The van der Waals surface area contributed by atoms with Gasteiger partial charge in [-0.3, -0.25) is 4.79 Å². The number of nitrogens with zero attached hydrogens (tertiary/aromatic N) is 1. The lowest BCUT2D eigenvalue weighted by molar-refractivity contribution is -0.148. The summed E-state index contributed by atoms with van der Waals surface area (Å²) in [5, 5.41) is 11.3. The van der Waals surface area contributed by atoms with Crippen LogP contribution in [0.4, 0.5) is 5.69 Å². The number of carbonyl (C=O) groups is 2. The van der Waals surface area contributed by atoms with Crippen LogP contribution in [0, 0.1) is 25.2 Å². The predicted molar refractivity (Wildman–Crippen MR) is 107 cm³/mol. The van der Waals surface area contributed by atoms with E-state index in [9.17, 15) is 9.59 Å². The summed E-state index contributed by atoms with van der Waals surface area (Å²) in [6.45, 7) is 5.33. The second kappa shape index (κ2) is 9.93. The highest BCUT2D eigenvalue weighted by atomic mass is 16.5. The number of hydrogen-bond acceptors (Lipinski definition) is 5. The minimum absolute atomic E-state index is 0.0243. The van der Waals surface area contributed by atoms with Gasteiger partial charge in [0.1, 0.15) is 11.8 Å². The summed E-state index contributed by atoms with van der Waals surface area (Å²) in [6, 6.07) is 14.5. The lowest BCUT2D eigenvalue weighted by Crippen LogP contribution is -2.29. The third-order valence-electron chi connectivity index (χ3n) is 3.91. The molecular formula is C22H22N2O4. The summed E-state index contributed by atoms with van der Waals surface area (Å²) in [5.41, 5.74) is 3.41. The van der Waals surface area contributed by atoms with Gasteiger partial charge in [-0.05, 0) is 61.7 Å². The quantitative estimate of drug-likeness (QED) is 0.585. The number of anilines is 1. The molecule has 0 saturated heterocycles. The topological polar surface area (TPSA) is 88.4 Å². The Labute approximate surface area is 164 Å². The van der Waals surface area contributed by atoms with Gasteiger partial charge in [0.15, 0.2) is 12.7 Å². The molecule has 0 aliphatic rings. The van der Waals surface area contributed by atoms with Crippen LogP contribution in [-0.2, 0) is 14.3 Å². The Bertz CT molecular complexity index is 911. The molecule has 1 amide bonds. The van der Waals surface area contributed by atoms with Crippen molar-refractivity contribution in [2.24, 2.45) is 0 Å². The zero-order chi connectivity index (χ0) is 20.5. The van der Waals surface area contributed by atoms with Crippen molar-refractivity contribution in [2.45, 2.75) is 26.9 Å². The molecule has 0 aliphatic carbocycles. The molecule has 0 aliphatic heterocycles. The molecule has 0 aromatic heterocycles. The second-order valence-corrected chi connectivity index (χ2v) is 6.24. The van der Waals surface area contributed by atoms with Gasteiger partial charge in [-0.15, -0.1) is 0 Å². The Kier molecular flexibility index (Phi) is 7.35. The average molecular weight is 378 g/mol. The van der Waals surface area contributed by atoms with Gasteiger partial charge in [0.2, 0.25) is 0 Å². The van der Waals surface area contributed by atoms with Crippen molar-refractivity contribution in [1.29, 1.82) is 5.26 Å². The van der Waals surface area contributed by atoms with Gasteiger partial charge in [0, 0.05) is 11.8 Å². The molecule has 1 N–H and O–H groups in total. The van der Waals surface area contributed by atoms with Crippen molar-refractivity contribution in [3.63, 3.8) is 0 Å². The summed E-state index contributed by atoms with van der Waals surface area (Å²) >= 11 is 0. The Hall–Kier alpha value is -3.59. The number of carbonyl (C=O) groups excluding carboxylic acids is 2. The number of benzene rings is 2. The third-order valence-corrected chi connectivity index (χ3v) is 3.91. The van der Waals surface area contributed by atoms with E-state index < -0.39 is 18.0 Å². The normalized spacial score (nSPS) is 11.5. The minimum Gasteiger partial charge on any atom is -0.479 e. The van der Waals surface area contributed by atoms with E-state index in [1.807, 2.05) is 38.1 Å². The molecule has 28 heavy (non-hydrogen) atoms. The van der Waals surface area contributed by atoms with Crippen molar-refractivity contribution in [3.05, 3.63) is 65.2 Å². The van der Waals surface area contributed by atoms with Crippen LogP contribution in [0.1, 0.15) is 23.6 Å². The molecule has 144 valence electrons. The van der Waals surface area contributed by atoms with Gasteiger partial charge in [0.05, 0.1) is 0 Å². The largest absolute Gasteiger partial charge is 0.479 e. The molecule has 0 bridgehead atoms. The maximum Gasteiger partial charge on any atom is 0.331 e. The summed E-state index contributed by atoms with van der Waals surface area (Å²) in [7, 11) is 0. The summed E-state index contributed by atoms with van der Waals surface area (Å²) in [6.07, 6.45) is 1.90. The van der Waals surface area contributed by atoms with E-state index in [0.717, 1.165) is 16.7 Å². The number of nitriles is 1. The van der Waals surface area contributed by atoms with E-state index in [1.165, 1.54) is 13.0 Å². The first-order valence-electron chi connectivity index (χ1n) is 8.75. The summed E-state index contributed by atoms with van der Waals surface area (Å²) in [4.78, 5) is 24.2. The smallest absolute Gasteiger partial charge is 0.331 e. The monoisotopic (exact) mass is 378 g/mol. The van der Waals surface area contributed by atoms with E-state index in [1.54, 1.807) is 30.3 Å². The first kappa shape index (κ1) is 20.7. The number of hydrogen-bond donors (Lipinski definition) is 1. The zero-order valence-corrected chi connectivity index (χ0v) is 16.1. The molecule has 1 unspecified atom stereocenters. The minimum atomic E-state index is -0.932. The lowest BCUT2D eigenvalue weighted by Gasteiger charge is -2.14. The molecule has 2 aromatic rings. The molecule has 1 atom stereocenters. The fourth-order valence-corrected chi connectivity index (χ4v) is 2.33. The highest BCUT2D eigenvalue weighted by molar-refractivity contribution is 5.97. The van der Waals surface area contributed by atoms with Crippen molar-refractivity contribution in [1.82, 2.24) is 0 Å². The van der Waals surface area contributed by atoms with Crippen LogP contribution in [0.2, 0.25) is 0 Å². The summed E-state index contributed by atoms with van der Waals surface area (Å²) < 4.78 is 10.3. The number of ether oxygens (including phenoxy) is 2. The standard InChI is InChI=1S/C22H22N2O4/c1-15-4-5-16(2)20(14-15)24-22(26)17(3)28-21(25)11-8-18-6-9-19(10-7-18)27-13-12-23/h4-11,14,17H,13H2,1-3H3,(H,24,26)/b11-8+. The van der Waals surface area contributed by atoms with Gasteiger partial charge in [-0.2, -0.15) is 5.26 Å². The maximum absolute atomic E-state index is 12.3. The van der Waals surface area contributed by atoms with Crippen LogP contribution >= 0.6 is 0 Å². The van der Waals surface area contributed by atoms with Crippen LogP contribution in [0.25, 0.3) is 6.08 Å². The van der Waals surface area contributed by atoms with Crippen molar-refractivity contribution < 1.29 is 19.1 Å². The molecular weight excluding hydrogens is 356 g/mol. The Morgan fingerprint density at radius 1 is 1.18 bits per heavy atom. The second-order valence-electron chi connectivity index (χ2n) is 6.24. The molecule has 0 saturated carbocycles. The van der Waals surface area contributed by atoms with Crippen LogP contribution < -0.4 is 10.1 Å². The van der Waals surface area contributed by atoms with Gasteiger partial charge in [0.25, 0.3) is 5.91 Å². The van der Waals surface area contributed by atoms with Gasteiger partial charge in [-0.1, -0.05) is 24.3 Å². The Morgan fingerprint density at radius 3 is 2.57 bits per heavy atom. The molecule has 0 heterocycles. The molecule has 2 aromatic carbocycles. The molecule has 6 nitrogen and oxygen atoms in total. The number of amides is 1. The molecule has 6 heteroatoms. The Balaban J connectivity index is 1.89. The van der Waals surface area contributed by atoms with Crippen molar-refractivity contribution in [3.8, 4) is 11.8 Å². The van der Waals surface area contributed by atoms with Crippen LogP contribution in [-0.4, -0.2) is 24.6 Å². The highest BCUT2D eigenvalue weighted by Crippen LogP contribution is 2.17. The van der Waals surface area contributed by atoms with Gasteiger partial charge >= 0.3 is 5.97 Å². The van der Waals surface area contributed by atoms with Crippen LogP contribution in [0.3, 0.4) is 0 Å². The van der Waals surface area contributed by atoms with E-state index in [4.69, 9.17) is 14.7 Å². The first-order valence-corrected chi connectivity index (χ1v) is 8.75. The van der Waals surface area contributed by atoms with Gasteiger partial charge in [-0.25, -0.2) is 4.79 Å². The SMILES string of the molecule is Cc1ccc(C)c(NC(=O)C(C)OC(=O)/C=C/c2ccc(OCC#N)cc2)c1. The molecule has 0 spiro atoms. The zero-order valence-electron chi connectivity index (χ0n) is 16.1. The predicted octanol–water partition coefficient (Wildman–Crippen LogP) is 3.79. The van der Waals surface area contributed by atoms with Crippen molar-refractivity contribution >= 4 is 23.6 Å². The number of rotatable bonds is 7. The molecule has 0 fully saturated rings. The maximum atomic E-state index is 12.3. The fraction of sp³-hybridized carbons (Fsp3) is 0.227. The molecule has 2 rings (SSSR count). The Morgan fingerprint density at radius 2 is 1.89 bits per heavy atom. The van der Waals surface area contributed by atoms with Crippen LogP contribution in [0.5, 0.6) is 5.75 Å². The summed E-state index contributed by atoms with van der Waals surface area (Å²) in [5.74, 6) is -0.444. The lowest BCUT2D eigenvalue weighted by atomic mass is 10.1. The fourth-order valence-electron chi connectivity index (χ4n) is 2.33. The average Bonchev–Trinajstić information content (AvgIpc) is 2.68. The third kappa shape index (κ3) is 6.29. The first-order chi connectivity index (χ1) is 13.4. The molecule has 0 radical (unpaired) electrons. The van der Waals surface area contributed by atoms with E-state index in [0.29, 0.717) is 11.4 Å². The van der Waals surface area contributed by atoms with Gasteiger partial charge < -0.3 is 14.8 Å². The number of aryl methyl sites for hydroxylation is 2.